The first-order valence-electron chi connectivity index (χ1n) is 12.6. The molecule has 0 aliphatic carbocycles. The van der Waals surface area contributed by atoms with Gasteiger partial charge >= 0.3 is 11.9 Å². The predicted molar refractivity (Wildman–Crippen MR) is 149 cm³/mol. The topological polar surface area (TPSA) is 93.7 Å². The maximum absolute atomic E-state index is 13.1. The molecule has 0 fully saturated rings. The molecule has 7 heteroatoms. The monoisotopic (exact) mass is 522 g/mol. The molecule has 2 N–H and O–H groups in total. The predicted octanol–water partition coefficient (Wildman–Crippen LogP) is 5.17. The number of hydrogen-bond donors (Lipinski definition) is 2. The number of esters is 2. The van der Waals surface area contributed by atoms with Gasteiger partial charge in [0, 0.05) is 5.69 Å². The lowest BCUT2D eigenvalue weighted by atomic mass is 10.0. The van der Waals surface area contributed by atoms with Gasteiger partial charge in [-0.15, -0.1) is 0 Å². The molecular weight excluding hydrogens is 492 g/mol. The minimum atomic E-state index is -0.624. The zero-order chi connectivity index (χ0) is 27.5. The molecule has 0 heterocycles. The molecule has 0 aromatic heterocycles. The van der Waals surface area contributed by atoms with E-state index in [2.05, 4.69) is 10.6 Å². The fourth-order valence-electron chi connectivity index (χ4n) is 3.95. The highest BCUT2D eigenvalue weighted by Gasteiger charge is 2.20. The molecule has 0 bridgehead atoms. The van der Waals surface area contributed by atoms with Crippen LogP contribution in [0.3, 0.4) is 0 Å². The van der Waals surface area contributed by atoms with E-state index in [0.29, 0.717) is 6.42 Å². The number of amides is 1. The van der Waals surface area contributed by atoms with Crippen LogP contribution < -0.4 is 10.6 Å². The van der Waals surface area contributed by atoms with E-state index in [1.165, 1.54) is 18.2 Å². The highest BCUT2D eigenvalue weighted by atomic mass is 16.5. The van der Waals surface area contributed by atoms with Gasteiger partial charge in [-0.1, -0.05) is 91.0 Å². The number of rotatable bonds is 11. The molecule has 198 valence electrons. The van der Waals surface area contributed by atoms with Crippen LogP contribution in [0.1, 0.15) is 37.4 Å². The number of likely N-dealkylation sites (N-methyl/N-ethyl adjacent to an activating group) is 1. The van der Waals surface area contributed by atoms with Crippen molar-refractivity contribution in [2.75, 3.05) is 12.4 Å². The Bertz CT molecular complexity index is 1320. The van der Waals surface area contributed by atoms with Crippen LogP contribution in [0.4, 0.5) is 5.69 Å². The molecular formula is C32H30N2O5. The first-order chi connectivity index (χ1) is 19.0. The van der Waals surface area contributed by atoms with Gasteiger partial charge in [0.1, 0.15) is 13.2 Å². The van der Waals surface area contributed by atoms with Crippen LogP contribution in [0.15, 0.2) is 109 Å². The lowest BCUT2D eigenvalue weighted by molar-refractivity contribution is -0.118. The molecule has 0 radical (unpaired) electrons. The van der Waals surface area contributed by atoms with Crippen molar-refractivity contribution in [2.24, 2.45) is 0 Å². The number of carbonyl (C=O) groups is 3. The van der Waals surface area contributed by atoms with Crippen molar-refractivity contribution in [2.45, 2.75) is 25.7 Å². The Morgan fingerprint density at radius 3 is 1.51 bits per heavy atom. The third-order valence-electron chi connectivity index (χ3n) is 6.05. The molecule has 0 aliphatic heterocycles. The Balaban J connectivity index is 1.53. The van der Waals surface area contributed by atoms with Crippen molar-refractivity contribution in [3.63, 3.8) is 0 Å². The second-order valence-electron chi connectivity index (χ2n) is 8.94. The SMILES string of the molecule is CN[C@@H](Cc1ccccc1)C(=O)Nc1cc(C(=O)OCc2ccccc2)cc(C(=O)OCc2ccccc2)c1. The Labute approximate surface area is 227 Å². The van der Waals surface area contributed by atoms with E-state index < -0.39 is 18.0 Å². The van der Waals surface area contributed by atoms with Gasteiger partial charge in [-0.05, 0) is 48.4 Å². The zero-order valence-electron chi connectivity index (χ0n) is 21.6. The summed E-state index contributed by atoms with van der Waals surface area (Å²) in [6.45, 7) is 0.145. The summed E-state index contributed by atoms with van der Waals surface area (Å²) in [4.78, 5) is 39.0. The number of carbonyl (C=O) groups excluding carboxylic acids is 3. The maximum atomic E-state index is 13.1. The van der Waals surface area contributed by atoms with Gasteiger partial charge in [0.2, 0.25) is 5.91 Å². The lowest BCUT2D eigenvalue weighted by Gasteiger charge is -2.17. The molecule has 4 aromatic carbocycles. The molecule has 7 nitrogen and oxygen atoms in total. The zero-order valence-corrected chi connectivity index (χ0v) is 21.6. The minimum absolute atomic E-state index is 0.0724. The number of anilines is 1. The minimum Gasteiger partial charge on any atom is -0.457 e. The summed E-state index contributed by atoms with van der Waals surface area (Å²) in [6, 6.07) is 32.1. The normalized spacial score (nSPS) is 11.3. The summed E-state index contributed by atoms with van der Waals surface area (Å²) in [6.07, 6.45) is 0.466. The highest BCUT2D eigenvalue weighted by molar-refractivity contribution is 6.00. The second kappa shape index (κ2) is 13.7. The summed E-state index contributed by atoms with van der Waals surface area (Å²) in [5.41, 5.74) is 3.19. The van der Waals surface area contributed by atoms with Crippen molar-refractivity contribution in [1.29, 1.82) is 0 Å². The van der Waals surface area contributed by atoms with E-state index >= 15 is 0 Å². The van der Waals surface area contributed by atoms with Crippen LogP contribution in [-0.4, -0.2) is 30.9 Å². The van der Waals surface area contributed by atoms with Crippen LogP contribution in [0.5, 0.6) is 0 Å². The second-order valence-corrected chi connectivity index (χ2v) is 8.94. The van der Waals surface area contributed by atoms with Crippen LogP contribution in [0.2, 0.25) is 0 Å². The van der Waals surface area contributed by atoms with Crippen LogP contribution in [0.25, 0.3) is 0 Å². The molecule has 0 unspecified atom stereocenters. The van der Waals surface area contributed by atoms with Gasteiger partial charge in [0.25, 0.3) is 0 Å². The van der Waals surface area contributed by atoms with E-state index in [4.69, 9.17) is 9.47 Å². The molecule has 0 saturated carbocycles. The summed E-state index contributed by atoms with van der Waals surface area (Å²) >= 11 is 0. The highest BCUT2D eigenvalue weighted by Crippen LogP contribution is 2.19. The van der Waals surface area contributed by atoms with Crippen LogP contribution in [0, 0.1) is 0 Å². The standard InChI is InChI=1S/C32H30N2O5/c1-33-29(17-23-11-5-2-6-12-23)30(35)34-28-19-26(31(36)38-21-24-13-7-3-8-14-24)18-27(20-28)32(37)39-22-25-15-9-4-10-16-25/h2-16,18-20,29,33H,17,21-22H2,1H3,(H,34,35)/t29-/m0/s1. The van der Waals surface area contributed by atoms with E-state index in [1.807, 2.05) is 91.0 Å². The van der Waals surface area contributed by atoms with Crippen molar-refractivity contribution in [3.8, 4) is 0 Å². The van der Waals surface area contributed by atoms with E-state index in [-0.39, 0.29) is 35.9 Å². The van der Waals surface area contributed by atoms with E-state index in [0.717, 1.165) is 16.7 Å². The van der Waals surface area contributed by atoms with Crippen molar-refractivity contribution in [3.05, 3.63) is 137 Å². The smallest absolute Gasteiger partial charge is 0.338 e. The van der Waals surface area contributed by atoms with Gasteiger partial charge < -0.3 is 20.1 Å². The third-order valence-corrected chi connectivity index (χ3v) is 6.05. The molecule has 0 aliphatic rings. The quantitative estimate of drug-likeness (QED) is 0.264. The molecule has 1 atom stereocenters. The Morgan fingerprint density at radius 2 is 1.08 bits per heavy atom. The van der Waals surface area contributed by atoms with Crippen molar-refractivity contribution in [1.82, 2.24) is 5.32 Å². The summed E-state index contributed by atoms with van der Waals surface area (Å²) in [7, 11) is 1.71. The van der Waals surface area contributed by atoms with Crippen LogP contribution >= 0.6 is 0 Å². The fraction of sp³-hybridized carbons (Fsp3) is 0.156. The Kier molecular flexibility index (Phi) is 9.58. The number of ether oxygens (including phenoxy) is 2. The Hall–Kier alpha value is -4.75. The summed E-state index contributed by atoms with van der Waals surface area (Å²) < 4.78 is 10.9. The maximum Gasteiger partial charge on any atom is 0.338 e. The van der Waals surface area contributed by atoms with Gasteiger partial charge in [-0.3, -0.25) is 4.79 Å². The molecule has 4 rings (SSSR count). The largest absolute Gasteiger partial charge is 0.457 e. The van der Waals surface area contributed by atoms with E-state index in [9.17, 15) is 14.4 Å². The third kappa shape index (κ3) is 8.12. The average molecular weight is 523 g/mol. The van der Waals surface area contributed by atoms with Crippen LogP contribution in [-0.2, 0) is 33.9 Å². The van der Waals surface area contributed by atoms with Gasteiger partial charge in [0.15, 0.2) is 0 Å². The number of hydrogen-bond acceptors (Lipinski definition) is 6. The van der Waals surface area contributed by atoms with Gasteiger partial charge in [-0.2, -0.15) is 0 Å². The fourth-order valence-corrected chi connectivity index (χ4v) is 3.95. The average Bonchev–Trinajstić information content (AvgIpc) is 2.98. The molecule has 39 heavy (non-hydrogen) atoms. The van der Waals surface area contributed by atoms with Crippen molar-refractivity contribution >= 4 is 23.5 Å². The number of nitrogens with one attached hydrogen (secondary N) is 2. The lowest BCUT2D eigenvalue weighted by Crippen LogP contribution is -2.40. The van der Waals surface area contributed by atoms with Crippen molar-refractivity contribution < 1.29 is 23.9 Å². The first-order valence-corrected chi connectivity index (χ1v) is 12.6. The number of benzene rings is 4. The van der Waals surface area contributed by atoms with Gasteiger partial charge in [0.05, 0.1) is 17.2 Å². The summed E-state index contributed by atoms with van der Waals surface area (Å²) in [5.74, 6) is -1.55. The Morgan fingerprint density at radius 1 is 0.641 bits per heavy atom. The first kappa shape index (κ1) is 27.3. The summed E-state index contributed by atoms with van der Waals surface area (Å²) in [5, 5.41) is 5.86. The van der Waals surface area contributed by atoms with E-state index in [1.54, 1.807) is 7.05 Å². The molecule has 0 spiro atoms. The molecule has 4 aromatic rings. The molecule has 0 saturated heterocycles. The van der Waals surface area contributed by atoms with Gasteiger partial charge in [-0.25, -0.2) is 9.59 Å². The molecule has 1 amide bonds.